The number of rotatable bonds is 6. The van der Waals surface area contributed by atoms with Gasteiger partial charge in [0.25, 0.3) is 0 Å². The van der Waals surface area contributed by atoms with Crippen molar-refractivity contribution in [3.63, 3.8) is 0 Å². The average Bonchev–Trinajstić information content (AvgIpc) is 2.88. The number of aromatic nitrogens is 1. The summed E-state index contributed by atoms with van der Waals surface area (Å²) in [4.78, 5) is 6.48. The fourth-order valence-electron chi connectivity index (χ4n) is 2.35. The van der Waals surface area contributed by atoms with E-state index in [4.69, 9.17) is 0 Å². The largest absolute Gasteiger partial charge is 0.316 e. The second-order valence-electron chi connectivity index (χ2n) is 5.06. The van der Waals surface area contributed by atoms with Crippen molar-refractivity contribution in [2.24, 2.45) is 5.92 Å². The SMILES string of the molecule is CN(CCc1ccncc1)CCC1CCNC1. The van der Waals surface area contributed by atoms with Crippen LogP contribution in [0.3, 0.4) is 0 Å². The monoisotopic (exact) mass is 233 g/mol. The van der Waals surface area contributed by atoms with Crippen LogP contribution in [-0.2, 0) is 6.42 Å². The number of hydrogen-bond acceptors (Lipinski definition) is 3. The first-order valence-corrected chi connectivity index (χ1v) is 6.63. The van der Waals surface area contributed by atoms with Gasteiger partial charge in [-0.05, 0) is 69.6 Å². The van der Waals surface area contributed by atoms with Gasteiger partial charge in [0.1, 0.15) is 0 Å². The van der Waals surface area contributed by atoms with Crippen molar-refractivity contribution >= 4 is 0 Å². The van der Waals surface area contributed by atoms with Crippen LogP contribution in [0.25, 0.3) is 0 Å². The highest BCUT2D eigenvalue weighted by atomic mass is 15.1. The maximum absolute atomic E-state index is 4.04. The highest BCUT2D eigenvalue weighted by Crippen LogP contribution is 2.12. The molecule has 0 aliphatic carbocycles. The fourth-order valence-corrected chi connectivity index (χ4v) is 2.35. The van der Waals surface area contributed by atoms with Crippen molar-refractivity contribution in [2.75, 3.05) is 33.2 Å². The van der Waals surface area contributed by atoms with Crippen molar-refractivity contribution in [3.8, 4) is 0 Å². The zero-order chi connectivity index (χ0) is 11.9. The zero-order valence-corrected chi connectivity index (χ0v) is 10.7. The van der Waals surface area contributed by atoms with Crippen molar-refractivity contribution in [2.45, 2.75) is 19.3 Å². The smallest absolute Gasteiger partial charge is 0.0270 e. The van der Waals surface area contributed by atoms with Crippen molar-refractivity contribution in [3.05, 3.63) is 30.1 Å². The van der Waals surface area contributed by atoms with E-state index in [1.165, 1.54) is 38.0 Å². The highest BCUT2D eigenvalue weighted by molar-refractivity contribution is 5.09. The van der Waals surface area contributed by atoms with Crippen LogP contribution >= 0.6 is 0 Å². The van der Waals surface area contributed by atoms with Gasteiger partial charge in [0.2, 0.25) is 0 Å². The highest BCUT2D eigenvalue weighted by Gasteiger charge is 2.14. The lowest BCUT2D eigenvalue weighted by Crippen LogP contribution is -2.24. The summed E-state index contributed by atoms with van der Waals surface area (Å²) in [5.74, 6) is 0.901. The fraction of sp³-hybridized carbons (Fsp3) is 0.643. The Kier molecular flexibility index (Phi) is 4.95. The molecule has 0 saturated carbocycles. The number of nitrogens with zero attached hydrogens (tertiary/aromatic N) is 2. The Morgan fingerprint density at radius 1 is 1.35 bits per heavy atom. The standard InChI is InChI=1S/C14H23N3/c1-17(11-6-14-4-9-16-12-14)10-5-13-2-7-15-8-3-13/h2-3,7-8,14,16H,4-6,9-12H2,1H3. The van der Waals surface area contributed by atoms with Crippen LogP contribution in [-0.4, -0.2) is 43.1 Å². The van der Waals surface area contributed by atoms with E-state index in [2.05, 4.69) is 34.4 Å². The van der Waals surface area contributed by atoms with E-state index in [9.17, 15) is 0 Å². The molecule has 0 aromatic carbocycles. The Labute approximate surface area is 104 Å². The normalized spacial score (nSPS) is 20.0. The summed E-state index contributed by atoms with van der Waals surface area (Å²) in [7, 11) is 2.23. The lowest BCUT2D eigenvalue weighted by Gasteiger charge is -2.18. The average molecular weight is 233 g/mol. The number of pyridine rings is 1. The summed E-state index contributed by atoms with van der Waals surface area (Å²) < 4.78 is 0. The molecule has 1 atom stereocenters. The number of nitrogens with one attached hydrogen (secondary N) is 1. The van der Waals surface area contributed by atoms with Gasteiger partial charge in [0.15, 0.2) is 0 Å². The van der Waals surface area contributed by atoms with Gasteiger partial charge in [-0.1, -0.05) is 0 Å². The minimum atomic E-state index is 0.901. The third-order valence-electron chi connectivity index (χ3n) is 3.61. The molecule has 1 aliphatic heterocycles. The van der Waals surface area contributed by atoms with Gasteiger partial charge >= 0.3 is 0 Å². The minimum Gasteiger partial charge on any atom is -0.316 e. The van der Waals surface area contributed by atoms with E-state index in [1.807, 2.05) is 12.4 Å². The molecule has 1 aliphatic rings. The summed E-state index contributed by atoms with van der Waals surface area (Å²) in [6.07, 6.45) is 7.57. The molecule has 17 heavy (non-hydrogen) atoms. The molecule has 2 heterocycles. The molecular weight excluding hydrogens is 210 g/mol. The maximum atomic E-state index is 4.04. The second-order valence-corrected chi connectivity index (χ2v) is 5.06. The van der Waals surface area contributed by atoms with Crippen LogP contribution < -0.4 is 5.32 Å². The van der Waals surface area contributed by atoms with E-state index in [0.717, 1.165) is 18.9 Å². The third-order valence-corrected chi connectivity index (χ3v) is 3.61. The summed E-state index contributed by atoms with van der Waals surface area (Å²) >= 11 is 0. The topological polar surface area (TPSA) is 28.2 Å². The first-order chi connectivity index (χ1) is 8.34. The molecule has 2 rings (SSSR count). The predicted octanol–water partition coefficient (Wildman–Crippen LogP) is 1.56. The van der Waals surface area contributed by atoms with Gasteiger partial charge in [0.05, 0.1) is 0 Å². The Morgan fingerprint density at radius 3 is 2.88 bits per heavy atom. The molecule has 1 aromatic rings. The van der Waals surface area contributed by atoms with E-state index >= 15 is 0 Å². The minimum absolute atomic E-state index is 0.901. The molecule has 0 bridgehead atoms. The molecule has 0 spiro atoms. The Balaban J connectivity index is 1.62. The molecule has 3 heteroatoms. The van der Waals surface area contributed by atoms with Crippen LogP contribution in [0.2, 0.25) is 0 Å². The van der Waals surface area contributed by atoms with Gasteiger partial charge in [-0.3, -0.25) is 4.98 Å². The first kappa shape index (κ1) is 12.5. The first-order valence-electron chi connectivity index (χ1n) is 6.63. The van der Waals surface area contributed by atoms with Gasteiger partial charge in [0, 0.05) is 18.9 Å². The summed E-state index contributed by atoms with van der Waals surface area (Å²) in [6, 6.07) is 4.21. The van der Waals surface area contributed by atoms with Gasteiger partial charge in [-0.15, -0.1) is 0 Å². The maximum Gasteiger partial charge on any atom is 0.0270 e. The molecule has 3 nitrogen and oxygen atoms in total. The predicted molar refractivity (Wildman–Crippen MR) is 71.0 cm³/mol. The van der Waals surface area contributed by atoms with E-state index < -0.39 is 0 Å². The molecule has 1 saturated heterocycles. The van der Waals surface area contributed by atoms with Gasteiger partial charge < -0.3 is 10.2 Å². The molecule has 1 N–H and O–H groups in total. The van der Waals surface area contributed by atoms with E-state index in [-0.39, 0.29) is 0 Å². The molecule has 0 amide bonds. The summed E-state index contributed by atoms with van der Waals surface area (Å²) in [6.45, 7) is 4.80. The molecule has 1 aromatic heterocycles. The Morgan fingerprint density at radius 2 is 2.18 bits per heavy atom. The third kappa shape index (κ3) is 4.44. The molecule has 1 fully saturated rings. The van der Waals surface area contributed by atoms with Crippen molar-refractivity contribution in [1.29, 1.82) is 0 Å². The van der Waals surface area contributed by atoms with E-state index in [0.29, 0.717) is 0 Å². The van der Waals surface area contributed by atoms with Crippen LogP contribution in [0.4, 0.5) is 0 Å². The molecule has 0 radical (unpaired) electrons. The van der Waals surface area contributed by atoms with Gasteiger partial charge in [-0.2, -0.15) is 0 Å². The molecule has 94 valence electrons. The van der Waals surface area contributed by atoms with Crippen LogP contribution in [0.15, 0.2) is 24.5 Å². The Bertz CT molecular complexity index is 307. The van der Waals surface area contributed by atoms with Crippen molar-refractivity contribution in [1.82, 2.24) is 15.2 Å². The second kappa shape index (κ2) is 6.72. The number of hydrogen-bond donors (Lipinski definition) is 1. The quantitative estimate of drug-likeness (QED) is 0.808. The van der Waals surface area contributed by atoms with Crippen molar-refractivity contribution < 1.29 is 0 Å². The van der Waals surface area contributed by atoms with Gasteiger partial charge in [-0.25, -0.2) is 0 Å². The lowest BCUT2D eigenvalue weighted by molar-refractivity contribution is 0.308. The molecular formula is C14H23N3. The van der Waals surface area contributed by atoms with Crippen LogP contribution in [0.1, 0.15) is 18.4 Å². The summed E-state index contributed by atoms with van der Waals surface area (Å²) in [5, 5.41) is 3.43. The molecule has 1 unspecified atom stereocenters. The van der Waals surface area contributed by atoms with Crippen LogP contribution in [0, 0.1) is 5.92 Å². The van der Waals surface area contributed by atoms with E-state index in [1.54, 1.807) is 0 Å². The summed E-state index contributed by atoms with van der Waals surface area (Å²) in [5.41, 5.74) is 1.38. The number of likely N-dealkylation sites (N-methyl/N-ethyl adjacent to an activating group) is 1. The van der Waals surface area contributed by atoms with Crippen LogP contribution in [0.5, 0.6) is 0 Å². The Hall–Kier alpha value is -0.930. The zero-order valence-electron chi connectivity index (χ0n) is 10.7. The lowest BCUT2D eigenvalue weighted by atomic mass is 10.0.